The minimum Gasteiger partial charge on any atom is -0.497 e. The highest BCUT2D eigenvalue weighted by atomic mass is 16.8. The fourth-order valence-corrected chi connectivity index (χ4v) is 7.49. The van der Waals surface area contributed by atoms with Crippen molar-refractivity contribution >= 4 is 0 Å². The molecule has 1 aliphatic carbocycles. The molecule has 10 atom stereocenters. The van der Waals surface area contributed by atoms with Crippen LogP contribution in [-0.2, 0) is 35.0 Å². The molecule has 6 fully saturated rings. The van der Waals surface area contributed by atoms with Gasteiger partial charge in [0, 0.05) is 12.3 Å². The largest absolute Gasteiger partial charge is 0.497 e. The number of aliphatic hydroxyl groups excluding tert-OH is 1. The fourth-order valence-electron chi connectivity index (χ4n) is 7.49. The Bertz CT molecular complexity index is 1030. The Morgan fingerprint density at radius 1 is 1.08 bits per heavy atom. The first-order valence-electron chi connectivity index (χ1n) is 14.6. The summed E-state index contributed by atoms with van der Waals surface area (Å²) in [6.45, 7) is 11.8. The van der Waals surface area contributed by atoms with E-state index in [4.69, 9.17) is 33.2 Å². The third-order valence-corrected chi connectivity index (χ3v) is 9.46. The molecule has 2 unspecified atom stereocenters. The van der Waals surface area contributed by atoms with Crippen molar-refractivity contribution in [2.24, 2.45) is 17.8 Å². The molecule has 5 aliphatic heterocycles. The van der Waals surface area contributed by atoms with Crippen molar-refractivity contribution in [3.63, 3.8) is 0 Å². The van der Waals surface area contributed by atoms with Gasteiger partial charge < -0.3 is 38.3 Å². The van der Waals surface area contributed by atoms with E-state index >= 15 is 0 Å². The second-order valence-corrected chi connectivity index (χ2v) is 12.7. The Balaban J connectivity index is 1.12. The molecular weight excluding hydrogens is 500 g/mol. The number of benzene rings is 1. The van der Waals surface area contributed by atoms with Crippen LogP contribution in [0.5, 0.6) is 5.75 Å². The Morgan fingerprint density at radius 2 is 1.87 bits per heavy atom. The van der Waals surface area contributed by atoms with E-state index in [1.54, 1.807) is 7.11 Å². The van der Waals surface area contributed by atoms with Crippen LogP contribution in [0.1, 0.15) is 58.4 Å². The van der Waals surface area contributed by atoms with E-state index < -0.39 is 23.8 Å². The maximum atomic E-state index is 11.2. The Labute approximate surface area is 231 Å². The molecule has 0 radical (unpaired) electrons. The molecule has 5 heterocycles. The molecule has 8 heteroatoms. The predicted molar refractivity (Wildman–Crippen MR) is 143 cm³/mol. The molecule has 1 spiro atoms. The van der Waals surface area contributed by atoms with Gasteiger partial charge in [-0.2, -0.15) is 0 Å². The molecule has 0 aromatic heterocycles. The molecule has 1 N–H and O–H groups in total. The lowest BCUT2D eigenvalue weighted by molar-refractivity contribution is -0.402. The molecule has 5 saturated heterocycles. The highest BCUT2D eigenvalue weighted by Gasteiger charge is 2.62. The van der Waals surface area contributed by atoms with Crippen LogP contribution in [0.3, 0.4) is 0 Å². The standard InChI is InChI=1S/C31H44O8/c1-18-12-25(32)29(36-27(18)26-17-35-30(3,4)38-26)28-24-13-21-8-11-23(37-31(21,39-28)14-19(24)2)16-34-15-20-6-9-22(33-5)10-7-20/h6-7,9-10,19,21,23-29,32H,1,8,11-17H2,2-5H3/t19-,21?,23-,24?,25-,26-,27+,28-,29-,31+/m0/s1. The van der Waals surface area contributed by atoms with Crippen molar-refractivity contribution in [3.05, 3.63) is 42.0 Å². The maximum Gasteiger partial charge on any atom is 0.172 e. The van der Waals surface area contributed by atoms with Gasteiger partial charge in [0.25, 0.3) is 0 Å². The van der Waals surface area contributed by atoms with Crippen LogP contribution in [-0.4, -0.2) is 73.6 Å². The summed E-state index contributed by atoms with van der Waals surface area (Å²) in [4.78, 5) is 0. The third-order valence-electron chi connectivity index (χ3n) is 9.46. The summed E-state index contributed by atoms with van der Waals surface area (Å²) in [6.07, 6.45) is 2.38. The molecular formula is C31H44O8. The zero-order chi connectivity index (χ0) is 27.4. The van der Waals surface area contributed by atoms with E-state index in [9.17, 15) is 5.11 Å². The lowest BCUT2D eigenvalue weighted by atomic mass is 9.62. The first-order chi connectivity index (χ1) is 18.7. The van der Waals surface area contributed by atoms with Gasteiger partial charge in [0.2, 0.25) is 0 Å². The van der Waals surface area contributed by atoms with Gasteiger partial charge in [0.15, 0.2) is 11.6 Å². The van der Waals surface area contributed by atoms with Crippen molar-refractivity contribution in [1.29, 1.82) is 0 Å². The van der Waals surface area contributed by atoms with Crippen molar-refractivity contribution in [1.82, 2.24) is 0 Å². The normalized spacial score (nSPS) is 43.3. The maximum absolute atomic E-state index is 11.2. The van der Waals surface area contributed by atoms with Gasteiger partial charge in [-0.25, -0.2) is 0 Å². The van der Waals surface area contributed by atoms with Crippen LogP contribution in [0.4, 0.5) is 0 Å². The third kappa shape index (κ3) is 5.42. The summed E-state index contributed by atoms with van der Waals surface area (Å²) in [7, 11) is 1.67. The molecule has 0 amide bonds. The number of aliphatic hydroxyl groups is 1. The summed E-state index contributed by atoms with van der Waals surface area (Å²) in [5.41, 5.74) is 1.95. The van der Waals surface area contributed by atoms with E-state index in [1.165, 1.54) is 0 Å². The van der Waals surface area contributed by atoms with Gasteiger partial charge in [0.05, 0.1) is 45.2 Å². The van der Waals surface area contributed by atoms with E-state index in [-0.39, 0.29) is 24.4 Å². The lowest BCUT2D eigenvalue weighted by Crippen LogP contribution is -2.67. The predicted octanol–water partition coefficient (Wildman–Crippen LogP) is 4.37. The summed E-state index contributed by atoms with van der Waals surface area (Å²) in [6, 6.07) is 7.94. The van der Waals surface area contributed by atoms with Gasteiger partial charge in [0.1, 0.15) is 24.1 Å². The lowest BCUT2D eigenvalue weighted by Gasteiger charge is -2.61. The Kier molecular flexibility index (Phi) is 7.59. The van der Waals surface area contributed by atoms with Crippen LogP contribution in [0.25, 0.3) is 0 Å². The molecule has 1 aromatic carbocycles. The monoisotopic (exact) mass is 544 g/mol. The van der Waals surface area contributed by atoms with E-state index in [0.29, 0.717) is 44.0 Å². The molecule has 1 saturated carbocycles. The van der Waals surface area contributed by atoms with Gasteiger partial charge in [-0.3, -0.25) is 0 Å². The molecule has 6 aliphatic rings. The summed E-state index contributed by atoms with van der Waals surface area (Å²) >= 11 is 0. The first-order valence-corrected chi connectivity index (χ1v) is 14.6. The van der Waals surface area contributed by atoms with E-state index in [1.807, 2.05) is 38.1 Å². The van der Waals surface area contributed by atoms with E-state index in [2.05, 4.69) is 13.5 Å². The van der Waals surface area contributed by atoms with Gasteiger partial charge in [-0.05, 0) is 74.6 Å². The van der Waals surface area contributed by atoms with Crippen LogP contribution in [0.2, 0.25) is 0 Å². The molecule has 7 rings (SSSR count). The topological polar surface area (TPSA) is 84.8 Å². The summed E-state index contributed by atoms with van der Waals surface area (Å²) in [5.74, 6) is 0.597. The van der Waals surface area contributed by atoms with Crippen LogP contribution in [0, 0.1) is 17.8 Å². The van der Waals surface area contributed by atoms with Crippen LogP contribution >= 0.6 is 0 Å². The summed E-state index contributed by atoms with van der Waals surface area (Å²) in [5, 5.41) is 11.2. The van der Waals surface area contributed by atoms with Gasteiger partial charge >= 0.3 is 0 Å². The van der Waals surface area contributed by atoms with Gasteiger partial charge in [-0.15, -0.1) is 0 Å². The minimum absolute atomic E-state index is 0.0296. The van der Waals surface area contributed by atoms with E-state index in [0.717, 1.165) is 42.6 Å². The number of hydrogen-bond donors (Lipinski definition) is 1. The SMILES string of the molecule is C=C1C[C@H](O)[C@@H]([C@H]2O[C@]34C[C@H](C)C2CC3CC[C@@H](COCc2ccc(OC)cc2)O4)O[C@H]1[C@@H]1COC(C)(C)O1. The number of methoxy groups -OCH3 is 1. The van der Waals surface area contributed by atoms with Crippen LogP contribution in [0.15, 0.2) is 36.4 Å². The zero-order valence-corrected chi connectivity index (χ0v) is 23.7. The van der Waals surface area contributed by atoms with Crippen molar-refractivity contribution in [3.8, 4) is 5.75 Å². The smallest absolute Gasteiger partial charge is 0.172 e. The minimum atomic E-state index is -0.678. The highest BCUT2D eigenvalue weighted by Crippen LogP contribution is 2.57. The number of fused-ring (bicyclic) bond motifs is 2. The molecule has 2 bridgehead atoms. The number of rotatable bonds is 7. The highest BCUT2D eigenvalue weighted by molar-refractivity contribution is 5.26. The number of ether oxygens (including phenoxy) is 7. The first kappa shape index (κ1) is 27.6. The zero-order valence-electron chi connectivity index (χ0n) is 23.7. The number of hydrogen-bond acceptors (Lipinski definition) is 8. The molecule has 216 valence electrons. The second-order valence-electron chi connectivity index (χ2n) is 12.7. The summed E-state index contributed by atoms with van der Waals surface area (Å²) < 4.78 is 43.5. The molecule has 1 aromatic rings. The molecule has 8 nitrogen and oxygen atoms in total. The van der Waals surface area contributed by atoms with Crippen molar-refractivity contribution < 1.29 is 38.3 Å². The van der Waals surface area contributed by atoms with Crippen molar-refractivity contribution in [2.75, 3.05) is 20.3 Å². The Morgan fingerprint density at radius 3 is 2.59 bits per heavy atom. The Hall–Kier alpha value is -1.52. The fraction of sp³-hybridized carbons (Fsp3) is 0.742. The van der Waals surface area contributed by atoms with Gasteiger partial charge in [-0.1, -0.05) is 25.6 Å². The average molecular weight is 545 g/mol. The van der Waals surface area contributed by atoms with Crippen molar-refractivity contribution in [2.45, 2.75) is 108 Å². The quantitative estimate of drug-likeness (QED) is 0.507. The second kappa shape index (κ2) is 10.7. The average Bonchev–Trinajstić information content (AvgIpc) is 3.27. The molecule has 39 heavy (non-hydrogen) atoms. The van der Waals surface area contributed by atoms with Crippen LogP contribution < -0.4 is 4.74 Å².